The Morgan fingerprint density at radius 1 is 0.933 bits per heavy atom. The predicted molar refractivity (Wildman–Crippen MR) is 114 cm³/mol. The van der Waals surface area contributed by atoms with Crippen molar-refractivity contribution in [3.63, 3.8) is 0 Å². The number of hydrogen-bond donors (Lipinski definition) is 1. The zero-order chi connectivity index (χ0) is 21.7. The molecule has 2 aromatic rings. The highest BCUT2D eigenvalue weighted by Crippen LogP contribution is 2.29. The van der Waals surface area contributed by atoms with Crippen molar-refractivity contribution in [2.45, 2.75) is 20.4 Å². The second-order valence-electron chi connectivity index (χ2n) is 7.05. The molecule has 0 unspecified atom stereocenters. The lowest BCUT2D eigenvalue weighted by atomic mass is 10.2. The molecule has 0 aliphatic carbocycles. The first-order valence-corrected chi connectivity index (χ1v) is 9.84. The zero-order valence-electron chi connectivity index (χ0n) is 18.2. The number of aromatic nitrogens is 2. The van der Waals surface area contributed by atoms with Crippen molar-refractivity contribution in [1.82, 2.24) is 20.2 Å². The van der Waals surface area contributed by atoms with Crippen molar-refractivity contribution >= 4 is 11.7 Å². The van der Waals surface area contributed by atoms with Crippen LogP contribution in [0.1, 0.15) is 17.1 Å². The first-order chi connectivity index (χ1) is 14.4. The number of amides is 2. The fourth-order valence-electron chi connectivity index (χ4n) is 3.32. The van der Waals surface area contributed by atoms with Gasteiger partial charge in [-0.3, -0.25) is 0 Å². The van der Waals surface area contributed by atoms with Crippen LogP contribution in [0.5, 0.6) is 17.4 Å². The van der Waals surface area contributed by atoms with E-state index in [2.05, 4.69) is 20.2 Å². The van der Waals surface area contributed by atoms with Gasteiger partial charge in [0.2, 0.25) is 5.88 Å². The van der Waals surface area contributed by atoms with E-state index >= 15 is 0 Å². The van der Waals surface area contributed by atoms with Crippen LogP contribution in [0.4, 0.5) is 10.5 Å². The van der Waals surface area contributed by atoms with Crippen LogP contribution in [0.2, 0.25) is 0 Å². The van der Waals surface area contributed by atoms with Gasteiger partial charge in [-0.15, -0.1) is 0 Å². The fraction of sp³-hybridized carbons (Fsp3) is 0.476. The van der Waals surface area contributed by atoms with Crippen molar-refractivity contribution < 1.29 is 19.0 Å². The topological polar surface area (TPSA) is 89.1 Å². The number of nitrogens with zero attached hydrogens (tertiary/aromatic N) is 4. The minimum atomic E-state index is -0.125. The average Bonchev–Trinajstić information content (AvgIpc) is 2.78. The molecular weight excluding hydrogens is 386 g/mol. The minimum absolute atomic E-state index is 0.125. The van der Waals surface area contributed by atoms with E-state index in [4.69, 9.17) is 14.2 Å². The quantitative estimate of drug-likeness (QED) is 0.773. The Morgan fingerprint density at radius 2 is 1.53 bits per heavy atom. The molecule has 1 aromatic carbocycles. The third-order valence-electron chi connectivity index (χ3n) is 5.21. The molecule has 2 heterocycles. The summed E-state index contributed by atoms with van der Waals surface area (Å²) >= 11 is 0. The zero-order valence-corrected chi connectivity index (χ0v) is 18.2. The second-order valence-corrected chi connectivity index (χ2v) is 7.05. The maximum absolute atomic E-state index is 12.6. The minimum Gasteiger partial charge on any atom is -0.497 e. The van der Waals surface area contributed by atoms with Gasteiger partial charge >= 0.3 is 6.03 Å². The second kappa shape index (κ2) is 9.51. The summed E-state index contributed by atoms with van der Waals surface area (Å²) in [7, 11) is 4.82. The monoisotopic (exact) mass is 415 g/mol. The highest BCUT2D eigenvalue weighted by atomic mass is 16.5. The molecule has 1 fully saturated rings. The molecule has 9 heteroatoms. The lowest BCUT2D eigenvalue weighted by Crippen LogP contribution is -2.51. The number of carbonyl (C=O) groups excluding carboxylic acids is 1. The Hall–Kier alpha value is -3.23. The summed E-state index contributed by atoms with van der Waals surface area (Å²) in [6.07, 6.45) is 0. The summed E-state index contributed by atoms with van der Waals surface area (Å²) in [6, 6.07) is 5.67. The van der Waals surface area contributed by atoms with Gasteiger partial charge in [0.15, 0.2) is 0 Å². The third kappa shape index (κ3) is 4.84. The van der Waals surface area contributed by atoms with Crippen LogP contribution in [0.25, 0.3) is 0 Å². The van der Waals surface area contributed by atoms with Gasteiger partial charge in [-0.2, -0.15) is 0 Å². The molecule has 3 rings (SSSR count). The van der Waals surface area contributed by atoms with Crippen molar-refractivity contribution in [2.75, 3.05) is 52.4 Å². The number of urea groups is 1. The van der Waals surface area contributed by atoms with Gasteiger partial charge in [-0.05, 0) is 13.8 Å². The molecule has 2 amide bonds. The maximum Gasteiger partial charge on any atom is 0.317 e. The lowest BCUT2D eigenvalue weighted by Gasteiger charge is -2.36. The Labute approximate surface area is 177 Å². The number of carbonyl (C=O) groups is 1. The molecule has 0 atom stereocenters. The van der Waals surface area contributed by atoms with Crippen LogP contribution >= 0.6 is 0 Å². The van der Waals surface area contributed by atoms with E-state index < -0.39 is 0 Å². The third-order valence-corrected chi connectivity index (χ3v) is 5.21. The van der Waals surface area contributed by atoms with Gasteiger partial charge in [-0.1, -0.05) is 0 Å². The summed E-state index contributed by atoms with van der Waals surface area (Å²) in [5.41, 5.74) is 3.27. The summed E-state index contributed by atoms with van der Waals surface area (Å²) < 4.78 is 16.0. The molecule has 0 spiro atoms. The number of hydrogen-bond acceptors (Lipinski definition) is 7. The first-order valence-electron chi connectivity index (χ1n) is 9.84. The maximum atomic E-state index is 12.6. The summed E-state index contributed by atoms with van der Waals surface area (Å²) in [6.45, 7) is 6.70. The van der Waals surface area contributed by atoms with Gasteiger partial charge in [0.1, 0.15) is 17.2 Å². The normalized spacial score (nSPS) is 13.8. The molecule has 1 aliphatic heterocycles. The molecule has 9 nitrogen and oxygen atoms in total. The van der Waals surface area contributed by atoms with Crippen LogP contribution < -0.4 is 24.4 Å². The van der Waals surface area contributed by atoms with Gasteiger partial charge in [0.05, 0.1) is 39.3 Å². The number of nitrogens with one attached hydrogen (secondary N) is 1. The Balaban J connectivity index is 1.58. The molecule has 30 heavy (non-hydrogen) atoms. The summed E-state index contributed by atoms with van der Waals surface area (Å²) in [4.78, 5) is 25.5. The molecule has 1 N–H and O–H groups in total. The van der Waals surface area contributed by atoms with Gasteiger partial charge < -0.3 is 29.3 Å². The number of anilines is 1. The number of benzene rings is 1. The van der Waals surface area contributed by atoms with Crippen molar-refractivity contribution in [1.29, 1.82) is 0 Å². The van der Waals surface area contributed by atoms with E-state index in [-0.39, 0.29) is 12.6 Å². The van der Waals surface area contributed by atoms with E-state index in [1.807, 2.05) is 32.0 Å². The van der Waals surface area contributed by atoms with Crippen molar-refractivity contribution in [3.05, 3.63) is 35.3 Å². The Bertz CT molecular complexity index is 875. The van der Waals surface area contributed by atoms with Gasteiger partial charge in [0, 0.05) is 50.1 Å². The number of aryl methyl sites for hydroxylation is 2. The van der Waals surface area contributed by atoms with Crippen LogP contribution in [-0.2, 0) is 6.54 Å². The van der Waals surface area contributed by atoms with E-state index in [0.717, 1.165) is 41.7 Å². The van der Waals surface area contributed by atoms with Crippen LogP contribution in [0, 0.1) is 13.8 Å². The van der Waals surface area contributed by atoms with Gasteiger partial charge in [0.25, 0.3) is 0 Å². The fourth-order valence-corrected chi connectivity index (χ4v) is 3.32. The Morgan fingerprint density at radius 3 is 2.10 bits per heavy atom. The molecule has 162 valence electrons. The molecule has 0 bridgehead atoms. The SMILES string of the molecule is COc1cc(OC)cc(N2CCN(C(=O)NCc3nc(C)c(C)nc3OC)CC2)c1. The van der Waals surface area contributed by atoms with E-state index in [0.29, 0.717) is 24.7 Å². The number of ether oxygens (including phenoxy) is 3. The number of piperazine rings is 1. The van der Waals surface area contributed by atoms with Crippen molar-refractivity contribution in [2.24, 2.45) is 0 Å². The van der Waals surface area contributed by atoms with Crippen molar-refractivity contribution in [3.8, 4) is 17.4 Å². The van der Waals surface area contributed by atoms with Crippen LogP contribution in [0.3, 0.4) is 0 Å². The van der Waals surface area contributed by atoms with Crippen LogP contribution in [-0.4, -0.2) is 68.4 Å². The molecule has 0 saturated carbocycles. The number of rotatable bonds is 6. The predicted octanol–water partition coefficient (Wildman–Crippen LogP) is 2.15. The molecule has 1 aromatic heterocycles. The number of methoxy groups -OCH3 is 3. The smallest absolute Gasteiger partial charge is 0.317 e. The lowest BCUT2D eigenvalue weighted by molar-refractivity contribution is 0.193. The van der Waals surface area contributed by atoms with E-state index in [1.54, 1.807) is 26.2 Å². The van der Waals surface area contributed by atoms with E-state index in [9.17, 15) is 4.79 Å². The summed E-state index contributed by atoms with van der Waals surface area (Å²) in [5.74, 6) is 1.93. The molecular formula is C21H29N5O4. The van der Waals surface area contributed by atoms with Gasteiger partial charge in [-0.25, -0.2) is 14.8 Å². The summed E-state index contributed by atoms with van der Waals surface area (Å²) in [5, 5.41) is 2.93. The average molecular weight is 415 g/mol. The first kappa shape index (κ1) is 21.5. The molecule has 1 saturated heterocycles. The largest absolute Gasteiger partial charge is 0.497 e. The van der Waals surface area contributed by atoms with E-state index in [1.165, 1.54) is 0 Å². The standard InChI is InChI=1S/C21H29N5O4/c1-14-15(2)24-20(30-5)19(23-14)13-22-21(27)26-8-6-25(7-9-26)16-10-17(28-3)12-18(11-16)29-4/h10-12H,6-9,13H2,1-5H3,(H,22,27). The highest BCUT2D eigenvalue weighted by Gasteiger charge is 2.22. The molecule has 0 radical (unpaired) electrons. The van der Waals surface area contributed by atoms with Crippen LogP contribution in [0.15, 0.2) is 18.2 Å². The molecule has 1 aliphatic rings. The Kier molecular flexibility index (Phi) is 6.81. The highest BCUT2D eigenvalue weighted by molar-refractivity contribution is 5.74.